The van der Waals surface area contributed by atoms with Gasteiger partial charge in [0.05, 0.1) is 0 Å². The monoisotopic (exact) mass is 332 g/mol. The second-order valence-electron chi connectivity index (χ2n) is 8.36. The smallest absolute Gasteiger partial charge is 0.0206 e. The van der Waals surface area contributed by atoms with Crippen molar-refractivity contribution < 1.29 is 0 Å². The van der Waals surface area contributed by atoms with Gasteiger partial charge in [0.15, 0.2) is 0 Å². The molecule has 0 aromatic heterocycles. The van der Waals surface area contributed by atoms with Crippen molar-refractivity contribution in [3.8, 4) is 0 Å². The van der Waals surface area contributed by atoms with Gasteiger partial charge in [-0.2, -0.15) is 0 Å². The van der Waals surface area contributed by atoms with E-state index in [0.717, 1.165) is 32.7 Å². The van der Waals surface area contributed by atoms with E-state index in [9.17, 15) is 0 Å². The molecule has 1 aliphatic heterocycles. The molecule has 0 radical (unpaired) electrons. The molecule has 136 valence electrons. The molecule has 0 atom stereocenters. The first-order valence-corrected chi connectivity index (χ1v) is 9.34. The minimum absolute atomic E-state index is 0.216. The Labute approximate surface area is 148 Å². The van der Waals surface area contributed by atoms with Crippen molar-refractivity contribution in [3.63, 3.8) is 0 Å². The van der Waals surface area contributed by atoms with Gasteiger partial charge in [-0.1, -0.05) is 30.3 Å². The maximum absolute atomic E-state index is 3.74. The van der Waals surface area contributed by atoms with Crippen molar-refractivity contribution in [2.45, 2.75) is 64.2 Å². The van der Waals surface area contributed by atoms with Gasteiger partial charge in [0.25, 0.3) is 0 Å². The number of piperidine rings is 1. The van der Waals surface area contributed by atoms with Crippen molar-refractivity contribution >= 4 is 0 Å². The lowest BCUT2D eigenvalue weighted by atomic mass is 9.79. The number of nitrogens with one attached hydrogen (secondary N) is 4. The highest BCUT2D eigenvalue weighted by molar-refractivity contribution is 5.14. The van der Waals surface area contributed by atoms with Crippen molar-refractivity contribution in [1.82, 2.24) is 21.3 Å². The Morgan fingerprint density at radius 2 is 1.46 bits per heavy atom. The van der Waals surface area contributed by atoms with Gasteiger partial charge in [-0.25, -0.2) is 0 Å². The summed E-state index contributed by atoms with van der Waals surface area (Å²) in [5, 5.41) is 14.4. The maximum atomic E-state index is 3.74. The van der Waals surface area contributed by atoms with Crippen LogP contribution in [-0.2, 0) is 6.54 Å². The van der Waals surface area contributed by atoms with Crippen LogP contribution in [0.5, 0.6) is 0 Å². The lowest BCUT2D eigenvalue weighted by Gasteiger charge is -2.46. The zero-order valence-corrected chi connectivity index (χ0v) is 15.9. The molecule has 1 aromatic carbocycles. The van der Waals surface area contributed by atoms with E-state index >= 15 is 0 Å². The first-order valence-electron chi connectivity index (χ1n) is 9.34. The third-order valence-corrected chi connectivity index (χ3v) is 4.58. The second-order valence-corrected chi connectivity index (χ2v) is 8.36. The summed E-state index contributed by atoms with van der Waals surface area (Å²) in [6.07, 6.45) is 2.38. The summed E-state index contributed by atoms with van der Waals surface area (Å²) in [4.78, 5) is 0. The Morgan fingerprint density at radius 1 is 0.875 bits per heavy atom. The van der Waals surface area contributed by atoms with E-state index in [2.05, 4.69) is 79.3 Å². The molecule has 1 saturated heterocycles. The van der Waals surface area contributed by atoms with Gasteiger partial charge in [-0.05, 0) is 46.1 Å². The molecule has 1 heterocycles. The predicted octanol–water partition coefficient (Wildman–Crippen LogP) is 2.26. The van der Waals surface area contributed by atoms with Crippen molar-refractivity contribution in [2.24, 2.45) is 0 Å². The molecule has 1 aliphatic rings. The SMILES string of the molecule is CC1(C)CC(NCCNCCNCc2ccccc2)CC(C)(C)N1. The summed E-state index contributed by atoms with van der Waals surface area (Å²) in [5.41, 5.74) is 1.78. The van der Waals surface area contributed by atoms with Crippen molar-refractivity contribution in [3.05, 3.63) is 35.9 Å². The molecule has 0 amide bonds. The van der Waals surface area contributed by atoms with Gasteiger partial charge in [0.1, 0.15) is 0 Å². The average Bonchev–Trinajstić information content (AvgIpc) is 2.48. The summed E-state index contributed by atoms with van der Waals surface area (Å²) in [7, 11) is 0. The summed E-state index contributed by atoms with van der Waals surface area (Å²) < 4.78 is 0. The van der Waals surface area contributed by atoms with Gasteiger partial charge in [-0.15, -0.1) is 0 Å². The normalized spacial score (nSPS) is 20.2. The first kappa shape index (κ1) is 19.4. The molecular formula is C20H36N4. The molecule has 4 nitrogen and oxygen atoms in total. The van der Waals surface area contributed by atoms with Crippen LogP contribution in [-0.4, -0.2) is 43.3 Å². The van der Waals surface area contributed by atoms with E-state index in [0.29, 0.717) is 6.04 Å². The summed E-state index contributed by atoms with van der Waals surface area (Å²) >= 11 is 0. The molecular weight excluding hydrogens is 296 g/mol. The van der Waals surface area contributed by atoms with E-state index in [1.807, 2.05) is 0 Å². The second kappa shape index (κ2) is 8.95. The maximum Gasteiger partial charge on any atom is 0.0206 e. The number of rotatable bonds is 9. The average molecular weight is 333 g/mol. The Hall–Kier alpha value is -0.940. The fourth-order valence-corrected chi connectivity index (χ4v) is 3.96. The van der Waals surface area contributed by atoms with E-state index in [-0.39, 0.29) is 11.1 Å². The number of benzene rings is 1. The van der Waals surface area contributed by atoms with Crippen molar-refractivity contribution in [2.75, 3.05) is 26.2 Å². The molecule has 0 unspecified atom stereocenters. The van der Waals surface area contributed by atoms with Crippen LogP contribution in [0.15, 0.2) is 30.3 Å². The van der Waals surface area contributed by atoms with E-state index < -0.39 is 0 Å². The zero-order valence-electron chi connectivity index (χ0n) is 15.9. The molecule has 0 saturated carbocycles. The Balaban J connectivity index is 1.51. The van der Waals surface area contributed by atoms with E-state index in [1.165, 1.54) is 18.4 Å². The molecule has 1 fully saturated rings. The first-order chi connectivity index (χ1) is 11.4. The van der Waals surface area contributed by atoms with Crippen LogP contribution in [0, 0.1) is 0 Å². The third-order valence-electron chi connectivity index (χ3n) is 4.58. The van der Waals surface area contributed by atoms with Gasteiger partial charge < -0.3 is 21.3 Å². The largest absolute Gasteiger partial charge is 0.314 e. The van der Waals surface area contributed by atoms with Gasteiger partial charge in [0, 0.05) is 49.8 Å². The quantitative estimate of drug-likeness (QED) is 0.524. The molecule has 4 N–H and O–H groups in total. The molecule has 1 aromatic rings. The minimum atomic E-state index is 0.216. The summed E-state index contributed by atoms with van der Waals surface area (Å²) in [5.74, 6) is 0. The van der Waals surface area contributed by atoms with Crippen LogP contribution in [0.3, 0.4) is 0 Å². The molecule has 24 heavy (non-hydrogen) atoms. The molecule has 2 rings (SSSR count). The summed E-state index contributed by atoms with van der Waals surface area (Å²) in [6, 6.07) is 11.2. The zero-order chi connectivity index (χ0) is 17.5. The lowest BCUT2D eigenvalue weighted by Crippen LogP contribution is -2.61. The van der Waals surface area contributed by atoms with E-state index in [4.69, 9.17) is 0 Å². The fraction of sp³-hybridized carbons (Fsp3) is 0.700. The Kier molecular flexibility index (Phi) is 7.23. The van der Waals surface area contributed by atoms with Crippen LogP contribution < -0.4 is 21.3 Å². The minimum Gasteiger partial charge on any atom is -0.314 e. The van der Waals surface area contributed by atoms with Crippen LogP contribution >= 0.6 is 0 Å². The van der Waals surface area contributed by atoms with Gasteiger partial charge >= 0.3 is 0 Å². The molecule has 0 bridgehead atoms. The van der Waals surface area contributed by atoms with Crippen LogP contribution in [0.1, 0.15) is 46.1 Å². The predicted molar refractivity (Wildman–Crippen MR) is 103 cm³/mol. The van der Waals surface area contributed by atoms with Gasteiger partial charge in [-0.3, -0.25) is 0 Å². The standard InChI is InChI=1S/C20H36N4/c1-19(2)14-18(15-20(3,4)24-19)23-13-12-21-10-11-22-16-17-8-6-5-7-9-17/h5-9,18,21-24H,10-16H2,1-4H3. The highest BCUT2D eigenvalue weighted by Crippen LogP contribution is 2.28. The van der Waals surface area contributed by atoms with Crippen LogP contribution in [0.2, 0.25) is 0 Å². The lowest BCUT2D eigenvalue weighted by molar-refractivity contribution is 0.146. The Bertz CT molecular complexity index is 454. The highest BCUT2D eigenvalue weighted by Gasteiger charge is 2.37. The van der Waals surface area contributed by atoms with Gasteiger partial charge in [0.2, 0.25) is 0 Å². The highest BCUT2D eigenvalue weighted by atomic mass is 15.1. The number of hydrogen-bond donors (Lipinski definition) is 4. The fourth-order valence-electron chi connectivity index (χ4n) is 3.96. The molecule has 0 aliphatic carbocycles. The number of hydrogen-bond acceptors (Lipinski definition) is 4. The van der Waals surface area contributed by atoms with Crippen LogP contribution in [0.25, 0.3) is 0 Å². The van der Waals surface area contributed by atoms with E-state index in [1.54, 1.807) is 0 Å². The van der Waals surface area contributed by atoms with Crippen molar-refractivity contribution in [1.29, 1.82) is 0 Å². The third kappa shape index (κ3) is 7.31. The van der Waals surface area contributed by atoms with Crippen LogP contribution in [0.4, 0.5) is 0 Å². The molecule has 4 heteroatoms. The topological polar surface area (TPSA) is 48.1 Å². The summed E-state index contributed by atoms with van der Waals surface area (Å²) in [6.45, 7) is 14.2. The molecule has 0 spiro atoms. The Morgan fingerprint density at radius 3 is 2.12 bits per heavy atom.